The molecule has 0 radical (unpaired) electrons. The van der Waals surface area contributed by atoms with Crippen LogP contribution in [0, 0.1) is 0 Å². The van der Waals surface area contributed by atoms with Gasteiger partial charge in [0.05, 0.1) is 12.1 Å². The van der Waals surface area contributed by atoms with E-state index in [0.717, 1.165) is 5.76 Å². The summed E-state index contributed by atoms with van der Waals surface area (Å²) in [6.07, 6.45) is 7.61. The molecule has 0 amide bonds. The molecule has 1 aromatic heterocycles. The van der Waals surface area contributed by atoms with Crippen molar-refractivity contribution in [3.63, 3.8) is 0 Å². The van der Waals surface area contributed by atoms with Crippen molar-refractivity contribution >= 4 is 15.9 Å². The average molecular weight is 316 g/mol. The van der Waals surface area contributed by atoms with Gasteiger partial charge in [-0.1, -0.05) is 25.7 Å². The van der Waals surface area contributed by atoms with Crippen molar-refractivity contribution in [1.29, 1.82) is 0 Å². The summed E-state index contributed by atoms with van der Waals surface area (Å²) in [5.41, 5.74) is -0.485. The fourth-order valence-electron chi connectivity index (χ4n) is 2.68. The molecule has 1 unspecified atom stereocenters. The zero-order chi connectivity index (χ0) is 13.0. The van der Waals surface area contributed by atoms with Gasteiger partial charge in [-0.2, -0.15) is 0 Å². The topological polar surface area (TPSA) is 45.4 Å². The predicted octanol–water partition coefficient (Wildman–Crippen LogP) is 3.56. The average Bonchev–Trinajstić information content (AvgIpc) is 2.64. The minimum absolute atomic E-state index is 0.0451. The quantitative estimate of drug-likeness (QED) is 0.835. The fraction of sp³-hybridized carbons (Fsp3) is 0.714. The van der Waals surface area contributed by atoms with Gasteiger partial charge in [-0.15, -0.1) is 0 Å². The summed E-state index contributed by atoms with van der Waals surface area (Å²) >= 11 is 3.32. The van der Waals surface area contributed by atoms with Gasteiger partial charge in [0, 0.05) is 6.04 Å². The maximum Gasteiger partial charge on any atom is 0.169 e. The molecule has 1 saturated carbocycles. The monoisotopic (exact) mass is 315 g/mol. The fourth-order valence-corrected chi connectivity index (χ4v) is 2.99. The molecular formula is C14H22BrNO2. The Morgan fingerprint density at radius 3 is 2.50 bits per heavy atom. The highest BCUT2D eigenvalue weighted by atomic mass is 79.9. The molecule has 0 saturated heterocycles. The van der Waals surface area contributed by atoms with Gasteiger partial charge < -0.3 is 14.8 Å². The summed E-state index contributed by atoms with van der Waals surface area (Å²) in [6.45, 7) is 2.05. The molecule has 1 atom stereocenters. The van der Waals surface area contributed by atoms with Crippen LogP contribution in [0.2, 0.25) is 0 Å². The van der Waals surface area contributed by atoms with E-state index in [1.165, 1.54) is 38.5 Å². The lowest BCUT2D eigenvalue weighted by Crippen LogP contribution is -2.48. The molecule has 2 rings (SSSR count). The van der Waals surface area contributed by atoms with Gasteiger partial charge in [0.1, 0.15) is 5.76 Å². The van der Waals surface area contributed by atoms with Crippen molar-refractivity contribution in [3.05, 3.63) is 22.6 Å². The summed E-state index contributed by atoms with van der Waals surface area (Å²) in [7, 11) is 0. The molecule has 0 spiro atoms. The molecular weight excluding hydrogens is 294 g/mol. The number of halogens is 1. The summed E-state index contributed by atoms with van der Waals surface area (Å²) < 4.78 is 6.31. The molecule has 0 aliphatic heterocycles. The van der Waals surface area contributed by atoms with Gasteiger partial charge in [-0.25, -0.2) is 0 Å². The van der Waals surface area contributed by atoms with Crippen LogP contribution in [0.3, 0.4) is 0 Å². The Kier molecular flexibility index (Phi) is 4.87. The number of hydrogen-bond donors (Lipinski definition) is 2. The second-order valence-corrected chi connectivity index (χ2v) is 6.21. The van der Waals surface area contributed by atoms with Crippen LogP contribution in [0.5, 0.6) is 0 Å². The SMILES string of the molecule is CC(CO)(NC1CCCCCC1)c1ccc(Br)o1. The summed E-state index contributed by atoms with van der Waals surface area (Å²) in [5, 5.41) is 13.3. The zero-order valence-electron chi connectivity index (χ0n) is 10.9. The van der Waals surface area contributed by atoms with E-state index in [4.69, 9.17) is 4.42 Å². The summed E-state index contributed by atoms with van der Waals surface area (Å²) in [5.74, 6) is 0.793. The second kappa shape index (κ2) is 6.22. The maximum atomic E-state index is 9.71. The number of hydrogen-bond acceptors (Lipinski definition) is 3. The Morgan fingerprint density at radius 1 is 1.33 bits per heavy atom. The van der Waals surface area contributed by atoms with Crippen LogP contribution in [-0.2, 0) is 5.54 Å². The van der Waals surface area contributed by atoms with E-state index in [2.05, 4.69) is 21.2 Å². The van der Waals surface area contributed by atoms with Crippen LogP contribution in [0.25, 0.3) is 0 Å². The highest BCUT2D eigenvalue weighted by Gasteiger charge is 2.32. The van der Waals surface area contributed by atoms with Crippen molar-refractivity contribution < 1.29 is 9.52 Å². The van der Waals surface area contributed by atoms with Gasteiger partial charge in [0.15, 0.2) is 4.67 Å². The van der Waals surface area contributed by atoms with Crippen molar-refractivity contribution in [1.82, 2.24) is 5.32 Å². The van der Waals surface area contributed by atoms with E-state index in [1.54, 1.807) is 0 Å². The largest absolute Gasteiger partial charge is 0.452 e. The summed E-state index contributed by atoms with van der Waals surface area (Å²) in [6, 6.07) is 4.27. The molecule has 18 heavy (non-hydrogen) atoms. The molecule has 1 aliphatic rings. The minimum atomic E-state index is -0.485. The van der Waals surface area contributed by atoms with Gasteiger partial charge in [0.2, 0.25) is 0 Å². The van der Waals surface area contributed by atoms with Crippen LogP contribution in [0.15, 0.2) is 21.2 Å². The number of rotatable bonds is 4. The van der Waals surface area contributed by atoms with E-state index < -0.39 is 5.54 Å². The van der Waals surface area contributed by atoms with Gasteiger partial charge in [-0.05, 0) is 47.8 Å². The van der Waals surface area contributed by atoms with Gasteiger partial charge >= 0.3 is 0 Å². The van der Waals surface area contributed by atoms with Crippen LogP contribution in [0.1, 0.15) is 51.2 Å². The standard InChI is InChI=1S/C14H22BrNO2/c1-14(10-17,12-8-9-13(15)18-12)16-11-6-4-2-3-5-7-11/h8-9,11,16-17H,2-7,10H2,1H3. The normalized spacial score (nSPS) is 21.5. The lowest BCUT2D eigenvalue weighted by molar-refractivity contribution is 0.134. The maximum absolute atomic E-state index is 9.71. The second-order valence-electron chi connectivity index (χ2n) is 5.43. The summed E-state index contributed by atoms with van der Waals surface area (Å²) in [4.78, 5) is 0. The molecule has 1 aromatic rings. The van der Waals surface area contributed by atoms with Crippen molar-refractivity contribution in [2.24, 2.45) is 0 Å². The van der Waals surface area contributed by atoms with E-state index in [0.29, 0.717) is 10.7 Å². The van der Waals surface area contributed by atoms with Crippen LogP contribution < -0.4 is 5.32 Å². The van der Waals surface area contributed by atoms with Crippen LogP contribution in [-0.4, -0.2) is 17.8 Å². The first-order valence-corrected chi connectivity index (χ1v) is 7.58. The van der Waals surface area contributed by atoms with Crippen LogP contribution >= 0.6 is 15.9 Å². The molecule has 3 nitrogen and oxygen atoms in total. The third-order valence-corrected chi connectivity index (χ3v) is 4.24. The molecule has 102 valence electrons. The third-order valence-electron chi connectivity index (χ3n) is 3.81. The highest BCUT2D eigenvalue weighted by Crippen LogP contribution is 2.28. The van der Waals surface area contributed by atoms with Gasteiger partial charge in [-0.3, -0.25) is 0 Å². The van der Waals surface area contributed by atoms with Crippen LogP contribution in [0.4, 0.5) is 0 Å². The minimum Gasteiger partial charge on any atom is -0.452 e. The first-order chi connectivity index (χ1) is 8.64. The Hall–Kier alpha value is -0.320. The van der Waals surface area contributed by atoms with E-state index in [-0.39, 0.29) is 6.61 Å². The third kappa shape index (κ3) is 3.37. The molecule has 0 bridgehead atoms. The van der Waals surface area contributed by atoms with E-state index in [9.17, 15) is 5.11 Å². The van der Waals surface area contributed by atoms with E-state index in [1.807, 2.05) is 19.1 Å². The molecule has 4 heteroatoms. The Morgan fingerprint density at radius 2 is 2.00 bits per heavy atom. The smallest absolute Gasteiger partial charge is 0.169 e. The Labute approximate surface area is 117 Å². The Balaban J connectivity index is 2.07. The van der Waals surface area contributed by atoms with Crippen molar-refractivity contribution in [2.45, 2.75) is 57.0 Å². The van der Waals surface area contributed by atoms with E-state index >= 15 is 0 Å². The van der Waals surface area contributed by atoms with Crippen molar-refractivity contribution in [2.75, 3.05) is 6.61 Å². The number of aliphatic hydroxyl groups is 1. The lowest BCUT2D eigenvalue weighted by Gasteiger charge is -2.31. The zero-order valence-corrected chi connectivity index (χ0v) is 12.5. The number of aliphatic hydroxyl groups excluding tert-OH is 1. The first-order valence-electron chi connectivity index (χ1n) is 6.78. The van der Waals surface area contributed by atoms with Crippen molar-refractivity contribution in [3.8, 4) is 0 Å². The Bertz CT molecular complexity index is 372. The molecule has 1 heterocycles. The highest BCUT2D eigenvalue weighted by molar-refractivity contribution is 9.10. The lowest BCUT2D eigenvalue weighted by atomic mass is 9.96. The number of nitrogens with one attached hydrogen (secondary N) is 1. The molecule has 1 fully saturated rings. The molecule has 1 aliphatic carbocycles. The van der Waals surface area contributed by atoms with Gasteiger partial charge in [0.25, 0.3) is 0 Å². The molecule has 0 aromatic carbocycles. The number of furan rings is 1. The predicted molar refractivity (Wildman–Crippen MR) is 75.5 cm³/mol. The molecule has 2 N–H and O–H groups in total. The first kappa shape index (κ1) is 14.1.